The fraction of sp³-hybridized carbons (Fsp3) is 0.267. The van der Waals surface area contributed by atoms with Crippen LogP contribution in [0, 0.1) is 16.0 Å². The number of carbonyl (C=O) groups excluding carboxylic acids is 2. The van der Waals surface area contributed by atoms with Crippen molar-refractivity contribution in [3.8, 4) is 0 Å². The third-order valence-electron chi connectivity index (χ3n) is 3.38. The lowest BCUT2D eigenvalue weighted by Gasteiger charge is -2.30. The van der Waals surface area contributed by atoms with Gasteiger partial charge in [0.1, 0.15) is 4.99 Å². The predicted molar refractivity (Wildman–Crippen MR) is 92.1 cm³/mol. The van der Waals surface area contributed by atoms with Crippen LogP contribution in [0.1, 0.15) is 19.4 Å². The van der Waals surface area contributed by atoms with Gasteiger partial charge in [-0.1, -0.05) is 26.1 Å². The van der Waals surface area contributed by atoms with Crippen LogP contribution in [0.2, 0.25) is 0 Å². The smallest absolute Gasteiger partial charge is 0.292 e. The van der Waals surface area contributed by atoms with E-state index in [2.05, 4.69) is 0 Å². The van der Waals surface area contributed by atoms with Crippen molar-refractivity contribution in [2.24, 2.45) is 5.92 Å². The molecular formula is C15H13N2O5S2-. The number of carboxylic acid groups (broad SMARTS) is 1. The first-order valence-electron chi connectivity index (χ1n) is 6.94. The number of carbonyl (C=O) groups is 2. The van der Waals surface area contributed by atoms with Crippen molar-refractivity contribution < 1.29 is 19.6 Å². The molecule has 0 N–H and O–H groups in total. The second kappa shape index (κ2) is 7.10. The van der Waals surface area contributed by atoms with Gasteiger partial charge in [0, 0.05) is 12.1 Å². The van der Waals surface area contributed by atoms with Crippen LogP contribution in [0.5, 0.6) is 0 Å². The fourth-order valence-corrected chi connectivity index (χ4v) is 3.55. The number of hydrogen-bond acceptors (Lipinski definition) is 7. The minimum absolute atomic E-state index is 0.0478. The average molecular weight is 365 g/mol. The summed E-state index contributed by atoms with van der Waals surface area (Å²) >= 11 is 6.07. The van der Waals surface area contributed by atoms with Crippen LogP contribution in [0.25, 0.3) is 6.08 Å². The van der Waals surface area contributed by atoms with Crippen LogP contribution in [0.3, 0.4) is 0 Å². The van der Waals surface area contributed by atoms with E-state index in [9.17, 15) is 24.8 Å². The fourth-order valence-electron chi connectivity index (χ4n) is 2.24. The Kier molecular flexibility index (Phi) is 5.35. The minimum Gasteiger partial charge on any atom is -0.548 e. The van der Waals surface area contributed by atoms with E-state index in [0.29, 0.717) is 10.5 Å². The van der Waals surface area contributed by atoms with Gasteiger partial charge < -0.3 is 9.90 Å². The van der Waals surface area contributed by atoms with Gasteiger partial charge in [-0.15, -0.1) is 0 Å². The number of benzene rings is 1. The maximum Gasteiger partial charge on any atom is 0.292 e. The Morgan fingerprint density at radius 1 is 1.33 bits per heavy atom. The Labute approximate surface area is 147 Å². The zero-order valence-electron chi connectivity index (χ0n) is 12.8. The van der Waals surface area contributed by atoms with Crippen LogP contribution in [0.15, 0.2) is 29.2 Å². The van der Waals surface area contributed by atoms with Crippen LogP contribution >= 0.6 is 24.0 Å². The molecule has 0 bridgehead atoms. The Hall–Kier alpha value is -2.26. The Morgan fingerprint density at radius 2 is 1.92 bits per heavy atom. The summed E-state index contributed by atoms with van der Waals surface area (Å²) in [5.74, 6) is -1.73. The van der Waals surface area contributed by atoms with E-state index < -0.39 is 22.2 Å². The van der Waals surface area contributed by atoms with Gasteiger partial charge in [-0.3, -0.25) is 19.8 Å². The van der Waals surface area contributed by atoms with E-state index in [0.717, 1.165) is 16.7 Å². The minimum atomic E-state index is -1.36. The zero-order valence-corrected chi connectivity index (χ0v) is 14.4. The molecule has 0 aliphatic carbocycles. The van der Waals surface area contributed by atoms with E-state index in [-0.39, 0.29) is 16.6 Å². The van der Waals surface area contributed by atoms with Crippen molar-refractivity contribution >= 4 is 51.9 Å². The molecule has 1 heterocycles. The second-order valence-corrected chi connectivity index (χ2v) is 6.79. The molecule has 0 unspecified atom stereocenters. The molecule has 126 valence electrons. The maximum atomic E-state index is 12.2. The first-order chi connectivity index (χ1) is 11.2. The number of aliphatic carboxylic acids is 1. The molecule has 9 heteroatoms. The summed E-state index contributed by atoms with van der Waals surface area (Å²) in [6.45, 7) is 3.33. The summed E-state index contributed by atoms with van der Waals surface area (Å²) in [4.78, 5) is 35.2. The molecule has 0 spiro atoms. The molecule has 1 amide bonds. The number of thioether (sulfide) groups is 1. The number of nitro benzene ring substituents is 1. The summed E-state index contributed by atoms with van der Waals surface area (Å²) in [5.41, 5.74) is 0.572. The van der Waals surface area contributed by atoms with E-state index in [1.807, 2.05) is 0 Å². The lowest BCUT2D eigenvalue weighted by molar-refractivity contribution is -0.384. The highest BCUT2D eigenvalue weighted by atomic mass is 32.2. The molecule has 1 aromatic rings. The third-order valence-corrected chi connectivity index (χ3v) is 4.82. The highest BCUT2D eigenvalue weighted by Crippen LogP contribution is 2.36. The molecule has 2 rings (SSSR count). The molecule has 0 aromatic heterocycles. The molecule has 0 radical (unpaired) electrons. The van der Waals surface area contributed by atoms with Crippen molar-refractivity contribution in [1.82, 2.24) is 4.90 Å². The SMILES string of the molecule is CC(C)[C@H](C(=O)[O-])N1C(=O)S/C(=C/c2ccc([N+](=O)[O-])cc2)C1=S. The molecule has 1 fully saturated rings. The summed E-state index contributed by atoms with van der Waals surface area (Å²) in [7, 11) is 0. The van der Waals surface area contributed by atoms with Gasteiger partial charge in [0.2, 0.25) is 0 Å². The monoisotopic (exact) mass is 365 g/mol. The lowest BCUT2D eigenvalue weighted by atomic mass is 10.0. The molecule has 0 saturated carbocycles. The van der Waals surface area contributed by atoms with Gasteiger partial charge in [-0.25, -0.2) is 0 Å². The van der Waals surface area contributed by atoms with E-state index >= 15 is 0 Å². The first-order valence-corrected chi connectivity index (χ1v) is 8.17. The highest BCUT2D eigenvalue weighted by Gasteiger charge is 2.38. The highest BCUT2D eigenvalue weighted by molar-refractivity contribution is 8.19. The molecule has 1 aliphatic heterocycles. The molecule has 1 aliphatic rings. The predicted octanol–water partition coefficient (Wildman–Crippen LogP) is 2.21. The summed E-state index contributed by atoms with van der Waals surface area (Å²) < 4.78 is 0. The van der Waals surface area contributed by atoms with Crippen LogP contribution in [-0.4, -0.2) is 32.1 Å². The summed E-state index contributed by atoms with van der Waals surface area (Å²) in [6, 6.07) is 4.60. The molecule has 1 saturated heterocycles. The topological polar surface area (TPSA) is 104 Å². The van der Waals surface area contributed by atoms with Crippen molar-refractivity contribution in [1.29, 1.82) is 0 Å². The Balaban J connectivity index is 2.30. The van der Waals surface area contributed by atoms with E-state index in [4.69, 9.17) is 12.2 Å². The number of amides is 1. The average Bonchev–Trinajstić information content (AvgIpc) is 2.75. The number of carboxylic acids is 1. The number of thiocarbonyl (C=S) groups is 1. The van der Waals surface area contributed by atoms with Crippen molar-refractivity contribution in [3.05, 3.63) is 44.8 Å². The summed E-state index contributed by atoms with van der Waals surface area (Å²) in [6.07, 6.45) is 1.60. The number of non-ortho nitro benzene ring substituents is 1. The molecule has 1 aromatic carbocycles. The summed E-state index contributed by atoms with van der Waals surface area (Å²) in [5, 5.41) is 21.5. The van der Waals surface area contributed by atoms with Crippen LogP contribution in [0.4, 0.5) is 10.5 Å². The Morgan fingerprint density at radius 3 is 2.38 bits per heavy atom. The van der Waals surface area contributed by atoms with Gasteiger partial charge in [0.15, 0.2) is 0 Å². The van der Waals surface area contributed by atoms with Gasteiger partial charge in [-0.2, -0.15) is 0 Å². The van der Waals surface area contributed by atoms with E-state index in [1.54, 1.807) is 19.9 Å². The number of nitrogens with zero attached hydrogens (tertiary/aromatic N) is 2. The lowest BCUT2D eigenvalue weighted by Crippen LogP contribution is -2.52. The number of nitro groups is 1. The third kappa shape index (κ3) is 3.62. The largest absolute Gasteiger partial charge is 0.548 e. The van der Waals surface area contributed by atoms with Crippen LogP contribution in [-0.2, 0) is 4.79 Å². The Bertz CT molecular complexity index is 743. The molecular weight excluding hydrogens is 352 g/mol. The number of rotatable bonds is 5. The van der Waals surface area contributed by atoms with Gasteiger partial charge in [0.05, 0.1) is 21.8 Å². The van der Waals surface area contributed by atoms with Gasteiger partial charge in [0.25, 0.3) is 10.9 Å². The van der Waals surface area contributed by atoms with E-state index in [1.165, 1.54) is 24.3 Å². The first kappa shape index (κ1) is 18.1. The zero-order chi connectivity index (χ0) is 18.0. The van der Waals surface area contributed by atoms with Crippen LogP contribution < -0.4 is 5.11 Å². The van der Waals surface area contributed by atoms with Crippen molar-refractivity contribution in [2.75, 3.05) is 0 Å². The van der Waals surface area contributed by atoms with Crippen molar-refractivity contribution in [2.45, 2.75) is 19.9 Å². The van der Waals surface area contributed by atoms with Gasteiger partial charge in [-0.05, 0) is 41.5 Å². The maximum absolute atomic E-state index is 12.2. The quantitative estimate of drug-likeness (QED) is 0.341. The molecule has 7 nitrogen and oxygen atoms in total. The molecule has 1 atom stereocenters. The molecule has 24 heavy (non-hydrogen) atoms. The number of hydrogen-bond donors (Lipinski definition) is 0. The van der Waals surface area contributed by atoms with Gasteiger partial charge >= 0.3 is 0 Å². The normalized spacial score (nSPS) is 17.6. The second-order valence-electron chi connectivity index (χ2n) is 5.41. The standard InChI is InChI=1S/C15H14N2O5S2/c1-8(2)12(14(18)19)16-13(23)11(24-15(16)20)7-9-3-5-10(6-4-9)17(21)22/h3-8,12H,1-2H3,(H,18,19)/p-1/b11-7+/t12-/m1/s1. The van der Waals surface area contributed by atoms with Crippen molar-refractivity contribution in [3.63, 3.8) is 0 Å².